The first-order valence-corrected chi connectivity index (χ1v) is 15.1. The van der Waals surface area contributed by atoms with Crippen molar-refractivity contribution in [1.82, 2.24) is 14.8 Å². The average Bonchev–Trinajstić information content (AvgIpc) is 3.18. The van der Waals surface area contributed by atoms with Crippen LogP contribution in [0.3, 0.4) is 0 Å². The largest absolute Gasteiger partial charge is 0.368 e. The molecule has 3 atom stereocenters. The summed E-state index contributed by atoms with van der Waals surface area (Å²) in [6.07, 6.45) is 2.49. The lowest BCUT2D eigenvalue weighted by Crippen LogP contribution is -2.52. The lowest BCUT2D eigenvalue weighted by molar-refractivity contribution is -0.148. The van der Waals surface area contributed by atoms with Gasteiger partial charge in [0.1, 0.15) is 12.1 Å². The molecule has 1 aromatic heterocycles. The van der Waals surface area contributed by atoms with Gasteiger partial charge in [0.2, 0.25) is 11.8 Å². The molecular weight excluding hydrogens is 562 g/mol. The number of amides is 3. The van der Waals surface area contributed by atoms with Gasteiger partial charge in [-0.3, -0.25) is 19.4 Å². The van der Waals surface area contributed by atoms with Crippen molar-refractivity contribution in [2.75, 3.05) is 6.54 Å². The third-order valence-corrected chi connectivity index (χ3v) is 8.70. The Morgan fingerprint density at radius 3 is 2.58 bits per heavy atom. The number of aromatic nitrogens is 1. The fourth-order valence-corrected chi connectivity index (χ4v) is 6.43. The smallest absolute Gasteiger partial charge is 0.250 e. The van der Waals surface area contributed by atoms with E-state index in [9.17, 15) is 19.6 Å². The Morgan fingerprint density at radius 2 is 1.76 bits per heavy atom. The van der Waals surface area contributed by atoms with Gasteiger partial charge in [-0.25, -0.2) is 0 Å². The maximum absolute atomic E-state index is 14.7. The lowest BCUT2D eigenvalue weighted by Gasteiger charge is -2.36. The summed E-state index contributed by atoms with van der Waals surface area (Å²) >= 11 is 0. The second kappa shape index (κ2) is 12.6. The molecule has 0 unspecified atom stereocenters. The number of fused-ring (bicyclic) bond motifs is 2. The lowest BCUT2D eigenvalue weighted by atomic mass is 9.96. The van der Waals surface area contributed by atoms with Crippen LogP contribution < -0.4 is 5.73 Å². The Hall–Kier alpha value is -5.55. The van der Waals surface area contributed by atoms with E-state index in [0.717, 1.165) is 32.8 Å². The van der Waals surface area contributed by atoms with Gasteiger partial charge in [0.15, 0.2) is 0 Å². The summed E-state index contributed by atoms with van der Waals surface area (Å²) in [4.78, 5) is 49.5. The van der Waals surface area contributed by atoms with Gasteiger partial charge < -0.3 is 15.5 Å². The van der Waals surface area contributed by atoms with Crippen molar-refractivity contribution < 1.29 is 14.4 Å². The highest BCUT2D eigenvalue weighted by molar-refractivity contribution is 5.94. The molecule has 224 valence electrons. The second-order valence-electron chi connectivity index (χ2n) is 11.6. The highest BCUT2D eigenvalue weighted by Gasteiger charge is 2.43. The van der Waals surface area contributed by atoms with Crippen LogP contribution in [0.4, 0.5) is 0 Å². The summed E-state index contributed by atoms with van der Waals surface area (Å²) in [6.45, 7) is 2.17. The van der Waals surface area contributed by atoms with Crippen LogP contribution >= 0.6 is 0 Å². The zero-order valence-electron chi connectivity index (χ0n) is 25.0. The summed E-state index contributed by atoms with van der Waals surface area (Å²) in [7, 11) is 0. The van der Waals surface area contributed by atoms with E-state index in [2.05, 4.69) is 11.1 Å². The summed E-state index contributed by atoms with van der Waals surface area (Å²) in [5, 5.41) is 12.6. The number of benzene rings is 4. The standard InChI is InChI=1S/C37H33N5O3/c1-24-16-18-41(33(36(39)44)22-28-10-5-9-27-8-2-3-13-31(27)28)37(45)35(30-11-4-7-26(20-30)23-38)42(24)34(43)21-25-14-15-32-29(19-25)12-6-17-40-32/h2-15,17,19-20,24,33,35H,16,18,21-22H2,1H3,(H2,39,44)/t24-,33-,35+/m1/s1. The van der Waals surface area contributed by atoms with E-state index in [4.69, 9.17) is 5.73 Å². The van der Waals surface area contributed by atoms with E-state index in [1.165, 1.54) is 0 Å². The molecule has 1 aliphatic heterocycles. The first-order chi connectivity index (χ1) is 21.8. The van der Waals surface area contributed by atoms with Crippen LogP contribution in [0, 0.1) is 11.3 Å². The van der Waals surface area contributed by atoms with Crippen LogP contribution in [0.15, 0.2) is 103 Å². The van der Waals surface area contributed by atoms with Crippen molar-refractivity contribution in [3.63, 3.8) is 0 Å². The number of nitrogens with two attached hydrogens (primary N) is 1. The van der Waals surface area contributed by atoms with Crippen LogP contribution in [0.5, 0.6) is 0 Å². The van der Waals surface area contributed by atoms with Gasteiger partial charge in [0, 0.05) is 30.6 Å². The van der Waals surface area contributed by atoms with Gasteiger partial charge in [-0.15, -0.1) is 0 Å². The van der Waals surface area contributed by atoms with Crippen molar-refractivity contribution in [1.29, 1.82) is 5.26 Å². The quantitative estimate of drug-likeness (QED) is 0.281. The van der Waals surface area contributed by atoms with Gasteiger partial charge in [-0.2, -0.15) is 5.26 Å². The Bertz CT molecular complexity index is 1960. The summed E-state index contributed by atoms with van der Waals surface area (Å²) in [6, 6.07) is 29.9. The predicted octanol–water partition coefficient (Wildman–Crippen LogP) is 5.09. The van der Waals surface area contributed by atoms with Crippen LogP contribution in [0.1, 0.15) is 41.6 Å². The fourth-order valence-electron chi connectivity index (χ4n) is 6.43. The molecule has 3 amide bonds. The van der Waals surface area contributed by atoms with Crippen molar-refractivity contribution in [2.24, 2.45) is 5.73 Å². The number of hydrogen-bond donors (Lipinski definition) is 1. The molecule has 4 aromatic carbocycles. The molecule has 0 radical (unpaired) electrons. The molecule has 8 nitrogen and oxygen atoms in total. The summed E-state index contributed by atoms with van der Waals surface area (Å²) < 4.78 is 0. The number of pyridine rings is 1. The Kier molecular flexibility index (Phi) is 8.26. The third kappa shape index (κ3) is 5.98. The molecule has 2 N–H and O–H groups in total. The Morgan fingerprint density at radius 1 is 0.978 bits per heavy atom. The van der Waals surface area contributed by atoms with Crippen LogP contribution in [-0.2, 0) is 27.2 Å². The average molecular weight is 596 g/mol. The number of rotatable bonds is 7. The van der Waals surface area contributed by atoms with E-state index in [1.54, 1.807) is 40.3 Å². The van der Waals surface area contributed by atoms with Crippen LogP contribution in [-0.4, -0.2) is 51.1 Å². The molecule has 45 heavy (non-hydrogen) atoms. The topological polar surface area (TPSA) is 120 Å². The molecule has 0 spiro atoms. The zero-order chi connectivity index (χ0) is 31.5. The molecule has 1 fully saturated rings. The number of primary amides is 1. The van der Waals surface area contributed by atoms with E-state index in [-0.39, 0.29) is 31.3 Å². The Labute approximate surface area is 261 Å². The number of nitrogens with zero attached hydrogens (tertiary/aromatic N) is 4. The van der Waals surface area contributed by atoms with Crippen molar-refractivity contribution in [3.8, 4) is 6.07 Å². The molecule has 8 heteroatoms. The first-order valence-electron chi connectivity index (χ1n) is 15.1. The molecule has 1 saturated heterocycles. The van der Waals surface area contributed by atoms with Gasteiger partial charge in [-0.1, -0.05) is 66.7 Å². The minimum atomic E-state index is -1.04. The molecule has 0 bridgehead atoms. The normalized spacial score (nSPS) is 17.6. The molecular formula is C37H33N5O3. The number of hydrogen-bond acceptors (Lipinski definition) is 5. The van der Waals surface area contributed by atoms with Crippen molar-refractivity contribution >= 4 is 39.4 Å². The minimum absolute atomic E-state index is 0.0755. The first kappa shape index (κ1) is 29.5. The maximum Gasteiger partial charge on any atom is 0.250 e. The van der Waals surface area contributed by atoms with Crippen molar-refractivity contribution in [2.45, 2.75) is 44.3 Å². The van der Waals surface area contributed by atoms with Crippen LogP contribution in [0.25, 0.3) is 21.7 Å². The predicted molar refractivity (Wildman–Crippen MR) is 173 cm³/mol. The third-order valence-electron chi connectivity index (χ3n) is 8.70. The Balaban J connectivity index is 1.39. The van der Waals surface area contributed by atoms with Crippen LogP contribution in [0.2, 0.25) is 0 Å². The van der Waals surface area contributed by atoms with Crippen molar-refractivity contribution in [3.05, 3.63) is 126 Å². The maximum atomic E-state index is 14.7. The van der Waals surface area contributed by atoms with E-state index in [1.807, 2.05) is 79.7 Å². The molecule has 2 heterocycles. The number of carbonyl (C=O) groups excluding carboxylic acids is 3. The van der Waals surface area contributed by atoms with Gasteiger partial charge in [0.25, 0.3) is 5.91 Å². The van der Waals surface area contributed by atoms with E-state index >= 15 is 0 Å². The summed E-state index contributed by atoms with van der Waals surface area (Å²) in [5.74, 6) is -1.23. The zero-order valence-corrected chi connectivity index (χ0v) is 25.0. The minimum Gasteiger partial charge on any atom is -0.368 e. The van der Waals surface area contributed by atoms with Gasteiger partial charge in [-0.05, 0) is 71.1 Å². The van der Waals surface area contributed by atoms with Gasteiger partial charge in [0.05, 0.1) is 23.6 Å². The second-order valence-corrected chi connectivity index (χ2v) is 11.6. The molecule has 0 aliphatic carbocycles. The SMILES string of the molecule is C[C@@H]1CCN([C@H](Cc2cccc3ccccc23)C(N)=O)C(=O)[C@H](c2cccc(C#N)c2)N1C(=O)Cc1ccc2ncccc2c1. The number of nitriles is 1. The van der Waals surface area contributed by atoms with Gasteiger partial charge >= 0.3 is 0 Å². The molecule has 0 saturated carbocycles. The fraction of sp³-hybridized carbons (Fsp3) is 0.216. The molecule has 5 aromatic rings. The highest BCUT2D eigenvalue weighted by atomic mass is 16.2. The van der Waals surface area contributed by atoms with E-state index in [0.29, 0.717) is 17.5 Å². The summed E-state index contributed by atoms with van der Waals surface area (Å²) in [5.41, 5.74) is 9.45. The highest BCUT2D eigenvalue weighted by Crippen LogP contribution is 2.33. The monoisotopic (exact) mass is 595 g/mol. The molecule has 1 aliphatic rings. The number of carbonyl (C=O) groups is 3. The van der Waals surface area contributed by atoms with E-state index < -0.39 is 23.9 Å². The molecule has 6 rings (SSSR count).